The fourth-order valence-corrected chi connectivity index (χ4v) is 8.88. The lowest BCUT2D eigenvalue weighted by Gasteiger charge is -2.58. The van der Waals surface area contributed by atoms with E-state index in [-0.39, 0.29) is 40.7 Å². The maximum atomic E-state index is 13.1. The van der Waals surface area contributed by atoms with E-state index in [1.807, 2.05) is 0 Å². The van der Waals surface area contributed by atoms with Crippen LogP contribution >= 0.6 is 0 Å². The van der Waals surface area contributed by atoms with Gasteiger partial charge in [0.1, 0.15) is 6.10 Å². The molecular weight excluding hydrogens is 454 g/mol. The maximum absolute atomic E-state index is 13.1. The number of hydrogen-bond acceptors (Lipinski definition) is 5. The predicted octanol–water partition coefficient (Wildman–Crippen LogP) is 5.59. The average molecular weight is 502 g/mol. The largest absolute Gasteiger partial charge is 0.469 e. The fourth-order valence-electron chi connectivity index (χ4n) is 8.88. The summed E-state index contributed by atoms with van der Waals surface area (Å²) >= 11 is 0. The van der Waals surface area contributed by atoms with Gasteiger partial charge in [0.2, 0.25) is 5.91 Å². The smallest absolute Gasteiger partial charge is 0.305 e. The number of hydrogen-bond donors (Lipinski definition) is 1. The minimum absolute atomic E-state index is 0.0154. The standard InChI is InChI=1S/C30H47NO5/c1-19(28(34)31-17-7-6-8-27(33)35-5)24-11-12-25-23-10-9-21-18-22(36-20(2)32)13-15-29(21,3)26(23)14-16-30(24,25)4/h9,19,22-26H,6-8,10-18H2,1-5H3,(H,31,34)/t19-,22-,23-,24+,25-,26-,29-,30+/m0/s1. The second kappa shape index (κ2) is 10.9. The Morgan fingerprint density at radius 1 is 1.08 bits per heavy atom. The van der Waals surface area contributed by atoms with Gasteiger partial charge in [-0.1, -0.05) is 32.4 Å². The van der Waals surface area contributed by atoms with E-state index in [4.69, 9.17) is 4.74 Å². The van der Waals surface area contributed by atoms with E-state index >= 15 is 0 Å². The zero-order chi connectivity index (χ0) is 26.1. The van der Waals surface area contributed by atoms with Crippen molar-refractivity contribution in [3.8, 4) is 0 Å². The third kappa shape index (κ3) is 5.11. The van der Waals surface area contributed by atoms with Crippen molar-refractivity contribution in [1.82, 2.24) is 5.32 Å². The minimum Gasteiger partial charge on any atom is -0.469 e. The molecule has 0 spiro atoms. The lowest BCUT2D eigenvalue weighted by Crippen LogP contribution is -2.51. The maximum Gasteiger partial charge on any atom is 0.305 e. The lowest BCUT2D eigenvalue weighted by molar-refractivity contribution is -0.148. The van der Waals surface area contributed by atoms with Crippen molar-refractivity contribution in [2.45, 2.75) is 104 Å². The van der Waals surface area contributed by atoms with Crippen LogP contribution in [0.1, 0.15) is 98.3 Å². The predicted molar refractivity (Wildman–Crippen MR) is 139 cm³/mol. The van der Waals surface area contributed by atoms with E-state index in [0.29, 0.717) is 36.6 Å². The first-order valence-corrected chi connectivity index (χ1v) is 14.3. The molecule has 0 unspecified atom stereocenters. The Morgan fingerprint density at radius 2 is 1.86 bits per heavy atom. The number of ether oxygens (including phenoxy) is 2. The van der Waals surface area contributed by atoms with Crippen LogP contribution in [0.4, 0.5) is 0 Å². The van der Waals surface area contributed by atoms with Crippen LogP contribution in [0.15, 0.2) is 11.6 Å². The van der Waals surface area contributed by atoms with Crippen LogP contribution in [-0.2, 0) is 23.9 Å². The first-order valence-electron chi connectivity index (χ1n) is 14.3. The van der Waals surface area contributed by atoms with Crippen molar-refractivity contribution >= 4 is 17.8 Å². The number of carbonyl (C=O) groups is 3. The Labute approximate surface area is 217 Å². The van der Waals surface area contributed by atoms with E-state index in [0.717, 1.165) is 44.9 Å². The van der Waals surface area contributed by atoms with Gasteiger partial charge >= 0.3 is 11.9 Å². The summed E-state index contributed by atoms with van der Waals surface area (Å²) < 4.78 is 10.3. The van der Waals surface area contributed by atoms with Crippen LogP contribution in [0, 0.1) is 40.4 Å². The van der Waals surface area contributed by atoms with Crippen molar-refractivity contribution in [3.05, 3.63) is 11.6 Å². The zero-order valence-electron chi connectivity index (χ0n) is 23.1. The molecule has 1 amide bonds. The highest BCUT2D eigenvalue weighted by atomic mass is 16.5. The van der Waals surface area contributed by atoms with Crippen molar-refractivity contribution in [1.29, 1.82) is 0 Å². The van der Waals surface area contributed by atoms with Crippen LogP contribution in [0.2, 0.25) is 0 Å². The summed E-state index contributed by atoms with van der Waals surface area (Å²) in [6, 6.07) is 0. The van der Waals surface area contributed by atoms with Crippen molar-refractivity contribution in [2.75, 3.05) is 13.7 Å². The van der Waals surface area contributed by atoms with E-state index in [1.54, 1.807) is 0 Å². The number of unbranched alkanes of at least 4 members (excludes halogenated alkanes) is 1. The van der Waals surface area contributed by atoms with E-state index in [9.17, 15) is 14.4 Å². The Hall–Kier alpha value is -1.85. The van der Waals surface area contributed by atoms with E-state index in [1.165, 1.54) is 38.9 Å². The van der Waals surface area contributed by atoms with Crippen LogP contribution in [0.25, 0.3) is 0 Å². The van der Waals surface area contributed by atoms with Crippen molar-refractivity contribution < 1.29 is 23.9 Å². The van der Waals surface area contributed by atoms with Crippen molar-refractivity contribution in [2.24, 2.45) is 40.4 Å². The summed E-state index contributed by atoms with van der Waals surface area (Å²) in [7, 11) is 1.41. The third-order valence-electron chi connectivity index (χ3n) is 10.8. The third-order valence-corrected chi connectivity index (χ3v) is 10.8. The molecule has 202 valence electrons. The number of methoxy groups -OCH3 is 1. The molecule has 1 N–H and O–H groups in total. The molecule has 4 aliphatic rings. The van der Waals surface area contributed by atoms with Crippen LogP contribution in [0.3, 0.4) is 0 Å². The van der Waals surface area contributed by atoms with Crippen LogP contribution in [0.5, 0.6) is 0 Å². The molecule has 0 aromatic rings. The quantitative estimate of drug-likeness (QED) is 0.266. The summed E-state index contributed by atoms with van der Waals surface area (Å²) in [5.41, 5.74) is 1.98. The van der Waals surface area contributed by atoms with Gasteiger partial charge < -0.3 is 14.8 Å². The highest BCUT2D eigenvalue weighted by Crippen LogP contribution is 2.67. The molecule has 0 aliphatic heterocycles. The van der Waals surface area contributed by atoms with Crippen LogP contribution in [-0.4, -0.2) is 37.6 Å². The first kappa shape index (κ1) is 27.2. The molecule has 6 heteroatoms. The van der Waals surface area contributed by atoms with Gasteiger partial charge in [-0.15, -0.1) is 0 Å². The number of fused-ring (bicyclic) bond motifs is 5. The van der Waals surface area contributed by atoms with Gasteiger partial charge in [-0.2, -0.15) is 0 Å². The van der Waals surface area contributed by atoms with E-state index < -0.39 is 0 Å². The molecule has 3 fully saturated rings. The van der Waals surface area contributed by atoms with Gasteiger partial charge in [-0.3, -0.25) is 14.4 Å². The minimum atomic E-state index is -0.189. The fraction of sp³-hybridized carbons (Fsp3) is 0.833. The van der Waals surface area contributed by atoms with Crippen LogP contribution < -0.4 is 5.32 Å². The summed E-state index contributed by atoms with van der Waals surface area (Å²) in [5.74, 6) is 2.33. The number of amides is 1. The highest BCUT2D eigenvalue weighted by Gasteiger charge is 2.59. The molecule has 0 bridgehead atoms. The highest BCUT2D eigenvalue weighted by molar-refractivity contribution is 5.78. The summed E-state index contributed by atoms with van der Waals surface area (Å²) in [5, 5.41) is 3.14. The summed E-state index contributed by atoms with van der Waals surface area (Å²) in [6.45, 7) is 9.22. The molecule has 8 atom stereocenters. The van der Waals surface area contributed by atoms with E-state index in [2.05, 4.69) is 36.9 Å². The number of carbonyl (C=O) groups excluding carboxylic acids is 3. The van der Waals surface area contributed by atoms with Crippen molar-refractivity contribution in [3.63, 3.8) is 0 Å². The second-order valence-electron chi connectivity index (χ2n) is 12.6. The Morgan fingerprint density at radius 3 is 2.58 bits per heavy atom. The Balaban J connectivity index is 1.37. The molecule has 0 heterocycles. The number of allylic oxidation sites excluding steroid dienone is 1. The van der Waals surface area contributed by atoms with Gasteiger partial charge in [-0.05, 0) is 92.3 Å². The van der Waals surface area contributed by atoms with Gasteiger partial charge in [0.25, 0.3) is 0 Å². The molecule has 4 aliphatic carbocycles. The number of rotatable bonds is 8. The number of nitrogens with one attached hydrogen (secondary N) is 1. The zero-order valence-corrected chi connectivity index (χ0v) is 23.1. The van der Waals surface area contributed by atoms with Gasteiger partial charge in [-0.25, -0.2) is 0 Å². The lowest BCUT2D eigenvalue weighted by atomic mass is 9.47. The van der Waals surface area contributed by atoms with Gasteiger partial charge in [0, 0.05) is 32.2 Å². The SMILES string of the molecule is COC(=O)CCCCNC(=O)[C@@H](C)[C@H]1CC[C@H]2[C@@H]3CC=C4C[C@@H](OC(C)=O)CC[C@]4(C)[C@H]3CC[C@]12C. The average Bonchev–Trinajstić information content (AvgIpc) is 3.20. The number of esters is 2. The Kier molecular flexibility index (Phi) is 8.21. The molecule has 3 saturated carbocycles. The first-order chi connectivity index (χ1) is 17.1. The molecule has 0 aromatic heterocycles. The molecule has 0 radical (unpaired) electrons. The Bertz CT molecular complexity index is 883. The molecule has 36 heavy (non-hydrogen) atoms. The molecule has 4 rings (SSSR count). The molecule has 6 nitrogen and oxygen atoms in total. The topological polar surface area (TPSA) is 81.7 Å². The second-order valence-corrected chi connectivity index (χ2v) is 12.6. The normalized spacial score (nSPS) is 38.0. The monoisotopic (exact) mass is 501 g/mol. The molecule has 0 aromatic carbocycles. The summed E-state index contributed by atoms with van der Waals surface area (Å²) in [6.07, 6.45) is 13.4. The van der Waals surface area contributed by atoms with Gasteiger partial charge in [0.15, 0.2) is 0 Å². The summed E-state index contributed by atoms with van der Waals surface area (Å²) in [4.78, 5) is 35.9. The molecule has 0 saturated heterocycles. The van der Waals surface area contributed by atoms with Gasteiger partial charge in [0.05, 0.1) is 7.11 Å². The molecular formula is C30H47NO5.